The summed E-state index contributed by atoms with van der Waals surface area (Å²) in [4.78, 5) is 25.8. The van der Waals surface area contributed by atoms with E-state index in [0.29, 0.717) is 22.2 Å². The van der Waals surface area contributed by atoms with Gasteiger partial charge in [-0.1, -0.05) is 36.4 Å². The zero-order valence-corrected chi connectivity index (χ0v) is 14.6. The van der Waals surface area contributed by atoms with E-state index in [0.717, 1.165) is 0 Å². The number of hydrogen-bond acceptors (Lipinski definition) is 4. The number of aromatic nitrogens is 2. The van der Waals surface area contributed by atoms with Gasteiger partial charge in [0.2, 0.25) is 0 Å². The van der Waals surface area contributed by atoms with Crippen LogP contribution in [-0.4, -0.2) is 15.7 Å². The highest BCUT2D eigenvalue weighted by Gasteiger charge is 2.20. The molecule has 0 saturated carbocycles. The highest BCUT2D eigenvalue weighted by Crippen LogP contribution is 2.17. The molecule has 1 N–H and O–H groups in total. The van der Waals surface area contributed by atoms with Crippen molar-refractivity contribution in [3.8, 4) is 5.69 Å². The van der Waals surface area contributed by atoms with Crippen molar-refractivity contribution in [3.05, 3.63) is 94.8 Å². The fourth-order valence-corrected chi connectivity index (χ4v) is 2.98. The minimum atomic E-state index is -0.375. The number of benzene rings is 2. The molecule has 4 rings (SSSR count). The van der Waals surface area contributed by atoms with Crippen molar-refractivity contribution in [2.45, 2.75) is 13.0 Å². The van der Waals surface area contributed by atoms with E-state index < -0.39 is 0 Å². The molecule has 27 heavy (non-hydrogen) atoms. The molecule has 0 saturated heterocycles. The molecule has 0 bridgehead atoms. The quantitative estimate of drug-likeness (QED) is 0.605. The Morgan fingerprint density at radius 3 is 2.41 bits per heavy atom. The molecule has 1 amide bonds. The third kappa shape index (κ3) is 3.13. The van der Waals surface area contributed by atoms with Crippen LogP contribution in [0.3, 0.4) is 0 Å². The average Bonchev–Trinajstić information content (AvgIpc) is 3.24. The Morgan fingerprint density at radius 2 is 1.70 bits per heavy atom. The van der Waals surface area contributed by atoms with Crippen LogP contribution in [0.5, 0.6) is 0 Å². The largest absolute Gasteiger partial charge is 0.467 e. The van der Waals surface area contributed by atoms with Gasteiger partial charge in [-0.2, -0.15) is 9.78 Å². The van der Waals surface area contributed by atoms with E-state index in [9.17, 15) is 9.59 Å². The third-order valence-electron chi connectivity index (χ3n) is 4.34. The van der Waals surface area contributed by atoms with Crippen LogP contribution >= 0.6 is 0 Å². The molecule has 0 fully saturated rings. The monoisotopic (exact) mass is 359 g/mol. The molecular weight excluding hydrogens is 342 g/mol. The number of nitrogens with one attached hydrogen (secondary N) is 1. The zero-order valence-electron chi connectivity index (χ0n) is 14.6. The van der Waals surface area contributed by atoms with Gasteiger partial charge in [-0.05, 0) is 37.3 Å². The van der Waals surface area contributed by atoms with Gasteiger partial charge >= 0.3 is 0 Å². The van der Waals surface area contributed by atoms with E-state index in [2.05, 4.69) is 10.4 Å². The van der Waals surface area contributed by atoms with Crippen LogP contribution in [0.4, 0.5) is 0 Å². The first-order valence-electron chi connectivity index (χ1n) is 8.57. The van der Waals surface area contributed by atoms with E-state index in [1.54, 1.807) is 54.8 Å². The fraction of sp³-hybridized carbons (Fsp3) is 0.0952. The van der Waals surface area contributed by atoms with Crippen molar-refractivity contribution in [1.29, 1.82) is 0 Å². The Hall–Kier alpha value is -3.67. The Bertz CT molecular complexity index is 1150. The van der Waals surface area contributed by atoms with Gasteiger partial charge in [0.15, 0.2) is 5.69 Å². The fourth-order valence-electron chi connectivity index (χ4n) is 2.98. The van der Waals surface area contributed by atoms with Gasteiger partial charge in [0, 0.05) is 5.39 Å². The van der Waals surface area contributed by atoms with E-state index in [1.165, 1.54) is 4.68 Å². The van der Waals surface area contributed by atoms with Gasteiger partial charge in [-0.25, -0.2) is 0 Å². The molecule has 2 heterocycles. The van der Waals surface area contributed by atoms with Crippen molar-refractivity contribution in [3.63, 3.8) is 0 Å². The van der Waals surface area contributed by atoms with E-state index in [1.807, 2.05) is 25.1 Å². The zero-order chi connectivity index (χ0) is 18.8. The van der Waals surface area contributed by atoms with Gasteiger partial charge in [0.25, 0.3) is 11.5 Å². The van der Waals surface area contributed by atoms with Gasteiger partial charge in [-0.3, -0.25) is 9.59 Å². The van der Waals surface area contributed by atoms with Crippen molar-refractivity contribution >= 4 is 16.7 Å². The maximum absolute atomic E-state index is 12.9. The summed E-state index contributed by atoms with van der Waals surface area (Å²) in [5.41, 5.74) is 0.515. The van der Waals surface area contributed by atoms with Crippen molar-refractivity contribution in [1.82, 2.24) is 15.1 Å². The lowest BCUT2D eigenvalue weighted by atomic mass is 10.1. The van der Waals surface area contributed by atoms with Crippen LogP contribution in [0.1, 0.15) is 29.2 Å². The molecule has 0 spiro atoms. The minimum Gasteiger partial charge on any atom is -0.467 e. The molecular formula is C21H17N3O3. The SMILES string of the molecule is C[C@H](NC(=O)c1nn(-c2ccccc2)c(=O)c2ccccc12)c1ccco1. The van der Waals surface area contributed by atoms with E-state index >= 15 is 0 Å². The maximum atomic E-state index is 12.9. The lowest BCUT2D eigenvalue weighted by molar-refractivity contribution is 0.0930. The Labute approximate surface area is 155 Å². The second-order valence-electron chi connectivity index (χ2n) is 6.16. The first-order valence-corrected chi connectivity index (χ1v) is 8.57. The molecule has 0 aliphatic heterocycles. The van der Waals surface area contributed by atoms with E-state index in [-0.39, 0.29) is 23.2 Å². The van der Waals surface area contributed by atoms with E-state index in [4.69, 9.17) is 4.42 Å². The maximum Gasteiger partial charge on any atom is 0.279 e. The predicted molar refractivity (Wildman–Crippen MR) is 102 cm³/mol. The number of carbonyl (C=O) groups excluding carboxylic acids is 1. The first-order chi connectivity index (χ1) is 13.1. The molecule has 0 aliphatic rings. The lowest BCUT2D eigenvalue weighted by Gasteiger charge is -2.14. The van der Waals surface area contributed by atoms with Crippen LogP contribution < -0.4 is 10.9 Å². The molecule has 1 atom stereocenters. The molecule has 4 aromatic rings. The molecule has 0 aliphatic carbocycles. The summed E-state index contributed by atoms with van der Waals surface area (Å²) in [6.45, 7) is 1.83. The Balaban J connectivity index is 1.83. The number of carbonyl (C=O) groups is 1. The number of para-hydroxylation sites is 1. The smallest absolute Gasteiger partial charge is 0.279 e. The standard InChI is InChI=1S/C21H17N3O3/c1-14(18-12-7-13-27-18)22-20(25)19-16-10-5-6-11-17(16)21(26)24(23-19)15-8-3-2-4-9-15/h2-14H,1H3,(H,22,25)/t14-/m0/s1. The normalized spacial score (nSPS) is 12.0. The van der Waals surface area contributed by atoms with Crippen LogP contribution in [0.15, 0.2) is 82.2 Å². The molecule has 0 radical (unpaired) electrons. The van der Waals surface area contributed by atoms with Gasteiger partial charge < -0.3 is 9.73 Å². The Kier molecular flexibility index (Phi) is 4.30. The molecule has 2 aromatic heterocycles. The topological polar surface area (TPSA) is 77.1 Å². The predicted octanol–water partition coefficient (Wildman–Crippen LogP) is 3.47. The highest BCUT2D eigenvalue weighted by atomic mass is 16.3. The first kappa shape index (κ1) is 16.8. The summed E-state index contributed by atoms with van der Waals surface area (Å²) in [6, 6.07) is 19.2. The Morgan fingerprint density at radius 1 is 1.00 bits per heavy atom. The van der Waals surface area contributed by atoms with Crippen molar-refractivity contribution < 1.29 is 9.21 Å². The summed E-state index contributed by atoms with van der Waals surface area (Å²) in [5.74, 6) is 0.267. The molecule has 2 aromatic carbocycles. The number of fused-ring (bicyclic) bond motifs is 1. The molecule has 6 heteroatoms. The van der Waals surface area contributed by atoms with Gasteiger partial charge in [0.05, 0.1) is 23.4 Å². The van der Waals surface area contributed by atoms with Gasteiger partial charge in [0.1, 0.15) is 5.76 Å². The second-order valence-corrected chi connectivity index (χ2v) is 6.16. The number of amides is 1. The number of hydrogen-bond donors (Lipinski definition) is 1. The number of furan rings is 1. The summed E-state index contributed by atoms with van der Waals surface area (Å²) >= 11 is 0. The second kappa shape index (κ2) is 6.92. The average molecular weight is 359 g/mol. The molecule has 6 nitrogen and oxygen atoms in total. The summed E-state index contributed by atoms with van der Waals surface area (Å²) in [7, 11) is 0. The third-order valence-corrected chi connectivity index (χ3v) is 4.34. The van der Waals surface area contributed by atoms with Crippen molar-refractivity contribution in [2.24, 2.45) is 0 Å². The minimum absolute atomic E-state index is 0.187. The lowest BCUT2D eigenvalue weighted by Crippen LogP contribution is -2.31. The summed E-state index contributed by atoms with van der Waals surface area (Å²) in [6.07, 6.45) is 1.56. The summed E-state index contributed by atoms with van der Waals surface area (Å²) < 4.78 is 6.60. The van der Waals surface area contributed by atoms with Crippen LogP contribution in [-0.2, 0) is 0 Å². The van der Waals surface area contributed by atoms with Crippen LogP contribution in [0.25, 0.3) is 16.5 Å². The van der Waals surface area contributed by atoms with Crippen LogP contribution in [0.2, 0.25) is 0 Å². The van der Waals surface area contributed by atoms with Crippen LogP contribution in [0, 0.1) is 0 Å². The van der Waals surface area contributed by atoms with Crippen molar-refractivity contribution in [2.75, 3.05) is 0 Å². The summed E-state index contributed by atoms with van der Waals surface area (Å²) in [5, 5.41) is 8.19. The number of nitrogens with zero attached hydrogens (tertiary/aromatic N) is 2. The molecule has 0 unspecified atom stereocenters. The molecule has 134 valence electrons. The van der Waals surface area contributed by atoms with Gasteiger partial charge in [-0.15, -0.1) is 0 Å². The highest BCUT2D eigenvalue weighted by molar-refractivity contribution is 6.05. The number of rotatable bonds is 4.